The Balaban J connectivity index is 1.71. The summed E-state index contributed by atoms with van der Waals surface area (Å²) in [4.78, 5) is 11.8. The molecule has 6 heteroatoms. The van der Waals surface area contributed by atoms with Crippen LogP contribution in [0.2, 0.25) is 0 Å². The van der Waals surface area contributed by atoms with Crippen LogP contribution in [0.15, 0.2) is 28.7 Å². The van der Waals surface area contributed by atoms with E-state index in [1.807, 2.05) is 24.3 Å². The summed E-state index contributed by atoms with van der Waals surface area (Å²) in [5, 5.41) is 2.58. The second-order valence-corrected chi connectivity index (χ2v) is 8.97. The van der Waals surface area contributed by atoms with E-state index in [-0.39, 0.29) is 23.3 Å². The Morgan fingerprint density at radius 3 is 2.59 bits per heavy atom. The molecule has 1 amide bonds. The number of nitrogens with one attached hydrogen (secondary N) is 1. The standard InChI is InChI=1S/C16H22BrNO3S/c17-15-8-4-1-5-13(15)9-11-18-16(19)10-12-22(20,21)14-6-2-3-7-14/h1,4-5,8,14H,2-3,6-7,9-12H2,(H,18,19). The van der Waals surface area contributed by atoms with E-state index < -0.39 is 9.84 Å². The van der Waals surface area contributed by atoms with Crippen LogP contribution in [0.1, 0.15) is 37.7 Å². The van der Waals surface area contributed by atoms with Gasteiger partial charge >= 0.3 is 0 Å². The van der Waals surface area contributed by atoms with Gasteiger partial charge in [0.2, 0.25) is 5.91 Å². The maximum absolute atomic E-state index is 12.1. The van der Waals surface area contributed by atoms with Gasteiger partial charge in [0.25, 0.3) is 0 Å². The minimum atomic E-state index is -3.11. The third-order valence-corrected chi connectivity index (χ3v) is 7.13. The lowest BCUT2D eigenvalue weighted by Crippen LogP contribution is -2.29. The summed E-state index contributed by atoms with van der Waals surface area (Å²) < 4.78 is 25.2. The summed E-state index contributed by atoms with van der Waals surface area (Å²) in [6, 6.07) is 7.86. The number of amides is 1. The number of carbonyl (C=O) groups is 1. The summed E-state index contributed by atoms with van der Waals surface area (Å²) in [6.45, 7) is 0.519. The molecular formula is C16H22BrNO3S. The molecule has 0 bridgehead atoms. The van der Waals surface area contributed by atoms with E-state index in [4.69, 9.17) is 0 Å². The van der Waals surface area contributed by atoms with Crippen molar-refractivity contribution >= 4 is 31.7 Å². The van der Waals surface area contributed by atoms with Crippen LogP contribution in [0.25, 0.3) is 0 Å². The van der Waals surface area contributed by atoms with Crippen LogP contribution in [-0.4, -0.2) is 31.9 Å². The Labute approximate surface area is 140 Å². The van der Waals surface area contributed by atoms with Gasteiger partial charge in [0.1, 0.15) is 0 Å². The van der Waals surface area contributed by atoms with Gasteiger partial charge in [-0.2, -0.15) is 0 Å². The predicted octanol–water partition coefficient (Wildman–Crippen LogP) is 2.86. The molecule has 0 aromatic heterocycles. The van der Waals surface area contributed by atoms with Crippen LogP contribution >= 0.6 is 15.9 Å². The first-order chi connectivity index (χ1) is 10.5. The average Bonchev–Trinajstić information content (AvgIpc) is 3.02. The Morgan fingerprint density at radius 1 is 1.23 bits per heavy atom. The minimum Gasteiger partial charge on any atom is -0.356 e. The van der Waals surface area contributed by atoms with Crippen LogP contribution in [0, 0.1) is 0 Å². The summed E-state index contributed by atoms with van der Waals surface area (Å²) in [6.07, 6.45) is 4.28. The van der Waals surface area contributed by atoms with Gasteiger partial charge in [0.15, 0.2) is 9.84 Å². The quantitative estimate of drug-likeness (QED) is 0.781. The van der Waals surface area contributed by atoms with Crippen molar-refractivity contribution in [1.82, 2.24) is 5.32 Å². The fourth-order valence-corrected chi connectivity index (χ4v) is 5.11. The number of halogens is 1. The smallest absolute Gasteiger partial charge is 0.221 e. The van der Waals surface area contributed by atoms with E-state index in [2.05, 4.69) is 21.2 Å². The number of rotatable bonds is 7. The normalized spacial score (nSPS) is 15.9. The number of sulfone groups is 1. The molecule has 2 rings (SSSR count). The molecule has 0 spiro atoms. The molecule has 1 aromatic rings. The zero-order chi connectivity index (χ0) is 16.0. The SMILES string of the molecule is O=C(CCS(=O)(=O)C1CCCC1)NCCc1ccccc1Br. The fraction of sp³-hybridized carbons (Fsp3) is 0.562. The number of carbonyl (C=O) groups excluding carboxylic acids is 1. The van der Waals surface area contributed by atoms with Crippen molar-refractivity contribution in [2.75, 3.05) is 12.3 Å². The second kappa shape index (κ2) is 8.11. The molecule has 0 unspecified atom stereocenters. The molecule has 22 heavy (non-hydrogen) atoms. The van der Waals surface area contributed by atoms with Crippen molar-refractivity contribution in [3.63, 3.8) is 0 Å². The highest BCUT2D eigenvalue weighted by Gasteiger charge is 2.28. The molecular weight excluding hydrogens is 366 g/mol. The van der Waals surface area contributed by atoms with Crippen molar-refractivity contribution in [2.45, 2.75) is 43.8 Å². The predicted molar refractivity (Wildman–Crippen MR) is 91.5 cm³/mol. The summed E-state index contributed by atoms with van der Waals surface area (Å²) in [5.41, 5.74) is 1.13. The summed E-state index contributed by atoms with van der Waals surface area (Å²) in [5.74, 6) is -0.216. The third kappa shape index (κ3) is 5.09. The van der Waals surface area contributed by atoms with E-state index in [0.29, 0.717) is 6.54 Å². The van der Waals surface area contributed by atoms with Gasteiger partial charge in [0, 0.05) is 17.4 Å². The van der Waals surface area contributed by atoms with E-state index >= 15 is 0 Å². The van der Waals surface area contributed by atoms with Crippen molar-refractivity contribution in [3.8, 4) is 0 Å². The van der Waals surface area contributed by atoms with Crippen molar-refractivity contribution in [1.29, 1.82) is 0 Å². The third-order valence-electron chi connectivity index (χ3n) is 4.10. The highest BCUT2D eigenvalue weighted by molar-refractivity contribution is 9.10. The fourth-order valence-electron chi connectivity index (χ4n) is 2.78. The molecule has 0 aliphatic heterocycles. The molecule has 1 aromatic carbocycles. The van der Waals surface area contributed by atoms with Crippen LogP contribution in [0.5, 0.6) is 0 Å². The van der Waals surface area contributed by atoms with E-state index in [0.717, 1.165) is 42.1 Å². The minimum absolute atomic E-state index is 0.0292. The number of hydrogen-bond acceptors (Lipinski definition) is 3. The average molecular weight is 388 g/mol. The van der Waals surface area contributed by atoms with Gasteiger partial charge in [-0.3, -0.25) is 4.79 Å². The lowest BCUT2D eigenvalue weighted by Gasteiger charge is -2.11. The van der Waals surface area contributed by atoms with Gasteiger partial charge in [-0.25, -0.2) is 8.42 Å². The zero-order valence-corrected chi connectivity index (χ0v) is 15.0. The zero-order valence-electron chi connectivity index (χ0n) is 12.6. The molecule has 122 valence electrons. The Kier molecular flexibility index (Phi) is 6.44. The summed E-state index contributed by atoms with van der Waals surface area (Å²) in [7, 11) is -3.11. The number of benzene rings is 1. The van der Waals surface area contributed by atoms with Gasteiger partial charge in [-0.1, -0.05) is 47.0 Å². The van der Waals surface area contributed by atoms with Crippen molar-refractivity contribution in [2.24, 2.45) is 0 Å². The molecule has 0 saturated heterocycles. The first-order valence-electron chi connectivity index (χ1n) is 7.71. The van der Waals surface area contributed by atoms with Crippen LogP contribution in [0.4, 0.5) is 0 Å². The lowest BCUT2D eigenvalue weighted by atomic mass is 10.1. The van der Waals surface area contributed by atoms with Gasteiger partial charge < -0.3 is 5.32 Å². The second-order valence-electron chi connectivity index (χ2n) is 5.71. The molecule has 0 radical (unpaired) electrons. The van der Waals surface area contributed by atoms with Crippen LogP contribution < -0.4 is 5.32 Å². The molecule has 1 fully saturated rings. The first-order valence-corrected chi connectivity index (χ1v) is 10.2. The first kappa shape index (κ1) is 17.5. The highest BCUT2D eigenvalue weighted by atomic mass is 79.9. The molecule has 0 heterocycles. The molecule has 0 atom stereocenters. The Bertz CT molecular complexity index is 610. The molecule has 4 nitrogen and oxygen atoms in total. The number of hydrogen-bond donors (Lipinski definition) is 1. The van der Waals surface area contributed by atoms with Gasteiger partial charge in [-0.15, -0.1) is 0 Å². The van der Waals surface area contributed by atoms with Crippen LogP contribution in [-0.2, 0) is 21.1 Å². The van der Waals surface area contributed by atoms with Crippen molar-refractivity contribution in [3.05, 3.63) is 34.3 Å². The Hall–Kier alpha value is -0.880. The molecule has 1 saturated carbocycles. The molecule has 1 aliphatic carbocycles. The van der Waals surface area contributed by atoms with Crippen LogP contribution in [0.3, 0.4) is 0 Å². The van der Waals surface area contributed by atoms with Gasteiger partial charge in [-0.05, 0) is 30.9 Å². The highest BCUT2D eigenvalue weighted by Crippen LogP contribution is 2.25. The maximum atomic E-state index is 12.1. The largest absolute Gasteiger partial charge is 0.356 e. The Morgan fingerprint density at radius 2 is 1.91 bits per heavy atom. The van der Waals surface area contributed by atoms with Gasteiger partial charge in [0.05, 0.1) is 11.0 Å². The van der Waals surface area contributed by atoms with E-state index in [9.17, 15) is 13.2 Å². The molecule has 1 N–H and O–H groups in total. The van der Waals surface area contributed by atoms with E-state index in [1.54, 1.807) is 0 Å². The summed E-state index contributed by atoms with van der Waals surface area (Å²) >= 11 is 3.47. The van der Waals surface area contributed by atoms with Crippen molar-refractivity contribution < 1.29 is 13.2 Å². The topological polar surface area (TPSA) is 63.2 Å². The maximum Gasteiger partial charge on any atom is 0.221 e. The van der Waals surface area contributed by atoms with E-state index in [1.165, 1.54) is 0 Å². The molecule has 1 aliphatic rings. The monoisotopic (exact) mass is 387 g/mol. The lowest BCUT2D eigenvalue weighted by molar-refractivity contribution is -0.120.